The van der Waals surface area contributed by atoms with Crippen LogP contribution in [0.25, 0.3) is 10.9 Å². The van der Waals surface area contributed by atoms with Gasteiger partial charge in [0.25, 0.3) is 0 Å². The van der Waals surface area contributed by atoms with Crippen molar-refractivity contribution in [2.24, 2.45) is 0 Å². The molecular weight excluding hydrogens is 330 g/mol. The van der Waals surface area contributed by atoms with Gasteiger partial charge in [0, 0.05) is 30.4 Å². The molecule has 0 aliphatic rings. The van der Waals surface area contributed by atoms with E-state index in [1.165, 1.54) is 38.9 Å². The number of benzene rings is 2. The molecule has 0 aliphatic carbocycles. The number of hydrogen-bond acceptors (Lipinski definition) is 2. The number of hydrogen-bond donors (Lipinski definition) is 1. The number of aromatic nitrogens is 2. The summed E-state index contributed by atoms with van der Waals surface area (Å²) in [6.45, 7) is 8.12. The predicted octanol–water partition coefficient (Wildman–Crippen LogP) is 5.62. The van der Waals surface area contributed by atoms with Crippen LogP contribution in [0.15, 0.2) is 66.9 Å². The van der Waals surface area contributed by atoms with Gasteiger partial charge in [0.15, 0.2) is 5.82 Å². The second-order valence-corrected chi connectivity index (χ2v) is 7.18. The zero-order valence-electron chi connectivity index (χ0n) is 16.2. The molecule has 0 amide bonds. The molecule has 1 N–H and O–H groups in total. The Hall–Kier alpha value is -3.07. The van der Waals surface area contributed by atoms with Crippen LogP contribution in [-0.2, 0) is 13.1 Å². The summed E-state index contributed by atoms with van der Waals surface area (Å²) in [4.78, 5) is 4.66. The molecule has 136 valence electrons. The van der Waals surface area contributed by atoms with E-state index in [9.17, 15) is 0 Å². The number of nitrogens with zero attached hydrogens (tertiary/aromatic N) is 2. The molecule has 27 heavy (non-hydrogen) atoms. The van der Waals surface area contributed by atoms with Crippen molar-refractivity contribution in [3.63, 3.8) is 0 Å². The molecular formula is C24H25N3. The van der Waals surface area contributed by atoms with Crippen molar-refractivity contribution >= 4 is 16.7 Å². The molecule has 0 bridgehead atoms. The van der Waals surface area contributed by atoms with Crippen molar-refractivity contribution in [2.75, 3.05) is 5.32 Å². The van der Waals surface area contributed by atoms with Gasteiger partial charge in [-0.2, -0.15) is 0 Å². The minimum Gasteiger partial charge on any atom is -0.364 e. The molecule has 4 rings (SSSR count). The molecule has 0 unspecified atom stereocenters. The summed E-state index contributed by atoms with van der Waals surface area (Å²) in [6.07, 6.45) is 1.90. The Morgan fingerprint density at radius 3 is 2.33 bits per heavy atom. The van der Waals surface area contributed by atoms with E-state index in [2.05, 4.69) is 96.3 Å². The van der Waals surface area contributed by atoms with Crippen LogP contribution in [0.3, 0.4) is 0 Å². The van der Waals surface area contributed by atoms with Crippen LogP contribution in [0.4, 0.5) is 5.82 Å². The highest BCUT2D eigenvalue weighted by Gasteiger charge is 2.15. The van der Waals surface area contributed by atoms with Crippen molar-refractivity contribution < 1.29 is 0 Å². The van der Waals surface area contributed by atoms with Gasteiger partial charge in [0.2, 0.25) is 0 Å². The van der Waals surface area contributed by atoms with Crippen LogP contribution in [0.5, 0.6) is 0 Å². The van der Waals surface area contributed by atoms with E-state index < -0.39 is 0 Å². The van der Waals surface area contributed by atoms with Gasteiger partial charge in [-0.25, -0.2) is 4.98 Å². The van der Waals surface area contributed by atoms with Gasteiger partial charge in [-0.1, -0.05) is 60.2 Å². The lowest BCUT2D eigenvalue weighted by Crippen LogP contribution is -2.07. The zero-order chi connectivity index (χ0) is 18.8. The number of nitrogens with one attached hydrogen (secondary N) is 1. The fourth-order valence-electron chi connectivity index (χ4n) is 3.58. The first-order chi connectivity index (χ1) is 13.1. The Morgan fingerprint density at radius 2 is 1.59 bits per heavy atom. The lowest BCUT2D eigenvalue weighted by molar-refractivity contribution is 0.799. The maximum Gasteiger partial charge on any atom is 0.150 e. The summed E-state index contributed by atoms with van der Waals surface area (Å²) < 4.78 is 2.38. The maximum atomic E-state index is 4.66. The lowest BCUT2D eigenvalue weighted by Gasteiger charge is -2.13. The zero-order valence-corrected chi connectivity index (χ0v) is 16.2. The molecule has 0 aliphatic heterocycles. The van der Waals surface area contributed by atoms with Crippen LogP contribution in [0, 0.1) is 20.8 Å². The highest BCUT2D eigenvalue weighted by Crippen LogP contribution is 2.30. The Morgan fingerprint density at radius 1 is 0.852 bits per heavy atom. The molecule has 3 nitrogen and oxygen atoms in total. The number of aryl methyl sites for hydroxylation is 2. The topological polar surface area (TPSA) is 29.9 Å². The molecule has 3 heteroatoms. The van der Waals surface area contributed by atoms with Crippen molar-refractivity contribution in [1.29, 1.82) is 0 Å². The second kappa shape index (κ2) is 7.28. The highest BCUT2D eigenvalue weighted by atomic mass is 15.1. The maximum absolute atomic E-state index is 4.66. The molecule has 2 heterocycles. The quantitative estimate of drug-likeness (QED) is 0.503. The molecule has 0 fully saturated rings. The Bertz CT molecular complexity index is 1060. The van der Waals surface area contributed by atoms with Gasteiger partial charge < -0.3 is 9.88 Å². The SMILES string of the molecule is Cc1ccc(CNc2nccc3c(C)c(C)n(Cc4ccccc4)c23)cc1. The predicted molar refractivity (Wildman–Crippen MR) is 113 cm³/mol. The summed E-state index contributed by atoms with van der Waals surface area (Å²) in [5.74, 6) is 0.945. The summed E-state index contributed by atoms with van der Waals surface area (Å²) >= 11 is 0. The Kier molecular flexibility index (Phi) is 4.68. The molecule has 2 aromatic carbocycles. The average molecular weight is 355 g/mol. The van der Waals surface area contributed by atoms with E-state index in [-0.39, 0.29) is 0 Å². The first kappa shape index (κ1) is 17.3. The van der Waals surface area contributed by atoms with Gasteiger partial charge >= 0.3 is 0 Å². The van der Waals surface area contributed by atoms with Gasteiger partial charge in [-0.15, -0.1) is 0 Å². The molecule has 0 atom stereocenters. The normalized spacial score (nSPS) is 11.1. The molecule has 0 saturated carbocycles. The van der Waals surface area contributed by atoms with Crippen molar-refractivity contribution in [2.45, 2.75) is 33.9 Å². The standard InChI is InChI=1S/C24H25N3/c1-17-9-11-20(12-10-17)15-26-24-23-22(13-14-25-24)18(2)19(3)27(23)16-21-7-5-4-6-8-21/h4-14H,15-16H2,1-3H3,(H,25,26). The smallest absolute Gasteiger partial charge is 0.150 e. The van der Waals surface area contributed by atoms with E-state index in [1.807, 2.05) is 6.20 Å². The molecule has 0 saturated heterocycles. The summed E-state index contributed by atoms with van der Waals surface area (Å²) in [7, 11) is 0. The van der Waals surface area contributed by atoms with E-state index >= 15 is 0 Å². The molecule has 0 radical (unpaired) electrons. The lowest BCUT2D eigenvalue weighted by atomic mass is 10.1. The van der Waals surface area contributed by atoms with Crippen LogP contribution in [0.1, 0.15) is 27.9 Å². The van der Waals surface area contributed by atoms with Crippen molar-refractivity contribution in [3.05, 3.63) is 94.8 Å². The molecule has 0 spiro atoms. The largest absolute Gasteiger partial charge is 0.364 e. The van der Waals surface area contributed by atoms with Gasteiger partial charge in [0.1, 0.15) is 0 Å². The second-order valence-electron chi connectivity index (χ2n) is 7.18. The van der Waals surface area contributed by atoms with Crippen LogP contribution >= 0.6 is 0 Å². The summed E-state index contributed by atoms with van der Waals surface area (Å²) in [5, 5.41) is 4.83. The number of anilines is 1. The molecule has 2 aromatic heterocycles. The third kappa shape index (κ3) is 3.45. The van der Waals surface area contributed by atoms with Crippen LogP contribution in [0.2, 0.25) is 0 Å². The van der Waals surface area contributed by atoms with E-state index in [0.717, 1.165) is 18.9 Å². The van der Waals surface area contributed by atoms with Gasteiger partial charge in [0.05, 0.1) is 5.52 Å². The van der Waals surface area contributed by atoms with Crippen LogP contribution in [-0.4, -0.2) is 9.55 Å². The molecule has 4 aromatic rings. The Labute approximate surface area is 160 Å². The average Bonchev–Trinajstić information content (AvgIpc) is 2.94. The summed E-state index contributed by atoms with van der Waals surface area (Å²) in [6, 6.07) is 21.4. The first-order valence-corrected chi connectivity index (χ1v) is 9.41. The fraction of sp³-hybridized carbons (Fsp3) is 0.208. The van der Waals surface area contributed by atoms with Crippen molar-refractivity contribution in [1.82, 2.24) is 9.55 Å². The van der Waals surface area contributed by atoms with Crippen LogP contribution < -0.4 is 5.32 Å². The highest BCUT2D eigenvalue weighted by molar-refractivity contribution is 5.93. The van der Waals surface area contributed by atoms with Gasteiger partial charge in [-0.05, 0) is 43.5 Å². The first-order valence-electron chi connectivity index (χ1n) is 9.41. The van der Waals surface area contributed by atoms with E-state index in [0.29, 0.717) is 0 Å². The van der Waals surface area contributed by atoms with Gasteiger partial charge in [-0.3, -0.25) is 0 Å². The monoisotopic (exact) mass is 355 g/mol. The number of pyridine rings is 1. The third-order valence-corrected chi connectivity index (χ3v) is 5.31. The number of rotatable bonds is 5. The minimum absolute atomic E-state index is 0.765. The third-order valence-electron chi connectivity index (χ3n) is 5.31. The number of fused-ring (bicyclic) bond motifs is 1. The fourth-order valence-corrected chi connectivity index (χ4v) is 3.58. The van der Waals surface area contributed by atoms with E-state index in [1.54, 1.807) is 0 Å². The van der Waals surface area contributed by atoms with E-state index in [4.69, 9.17) is 0 Å². The summed E-state index contributed by atoms with van der Waals surface area (Å²) in [5.41, 5.74) is 7.63. The van der Waals surface area contributed by atoms with Crippen molar-refractivity contribution in [3.8, 4) is 0 Å². The minimum atomic E-state index is 0.765. The Balaban J connectivity index is 1.72.